The number of carbonyl (C=O) groups excluding carboxylic acids is 1. The average Bonchev–Trinajstić information content (AvgIpc) is 2.79. The molecule has 2 fully saturated rings. The molecule has 3 rings (SSSR count). The number of halogens is 1. The number of hydrogen-bond acceptors (Lipinski definition) is 4. The molecule has 0 saturated carbocycles. The highest BCUT2D eigenvalue weighted by Gasteiger charge is 2.33. The van der Waals surface area contributed by atoms with Gasteiger partial charge in [-0.15, -0.1) is 0 Å². The number of hydrogen-bond donors (Lipinski definition) is 1. The zero-order valence-electron chi connectivity index (χ0n) is 14.3. The lowest BCUT2D eigenvalue weighted by atomic mass is 9.88. The maximum atomic E-state index is 13.0. The fourth-order valence-corrected chi connectivity index (χ4v) is 4.73. The van der Waals surface area contributed by atoms with Crippen LogP contribution in [-0.2, 0) is 14.8 Å². The van der Waals surface area contributed by atoms with Crippen LogP contribution in [0.2, 0.25) is 0 Å². The molecule has 0 aliphatic carbocycles. The largest absolute Gasteiger partial charge is 0.341 e. The lowest BCUT2D eigenvalue weighted by Crippen LogP contribution is -2.51. The summed E-state index contributed by atoms with van der Waals surface area (Å²) in [5.41, 5.74) is 0. The number of nitrogens with one attached hydrogen (secondary N) is 1. The van der Waals surface area contributed by atoms with Crippen LogP contribution in [0.1, 0.15) is 13.3 Å². The van der Waals surface area contributed by atoms with Gasteiger partial charge in [-0.3, -0.25) is 4.79 Å². The Morgan fingerprint density at radius 2 is 1.84 bits per heavy atom. The molecule has 1 aromatic carbocycles. The topological polar surface area (TPSA) is 69.7 Å². The lowest BCUT2D eigenvalue weighted by Gasteiger charge is -2.34. The van der Waals surface area contributed by atoms with Gasteiger partial charge in [0.1, 0.15) is 5.82 Å². The Hall–Kier alpha value is -1.51. The summed E-state index contributed by atoms with van der Waals surface area (Å²) in [5.74, 6) is -0.0325. The van der Waals surface area contributed by atoms with Gasteiger partial charge in [-0.05, 0) is 49.7 Å². The number of benzene rings is 1. The van der Waals surface area contributed by atoms with E-state index in [9.17, 15) is 17.6 Å². The van der Waals surface area contributed by atoms with E-state index in [1.54, 1.807) is 4.90 Å². The summed E-state index contributed by atoms with van der Waals surface area (Å²) in [6.07, 6.45) is 0.599. The van der Waals surface area contributed by atoms with Crippen LogP contribution in [0.3, 0.4) is 0 Å². The first kappa shape index (κ1) is 18.3. The minimum Gasteiger partial charge on any atom is -0.341 e. The molecule has 138 valence electrons. The van der Waals surface area contributed by atoms with E-state index in [0.717, 1.165) is 25.2 Å². The van der Waals surface area contributed by atoms with Crippen molar-refractivity contribution in [2.45, 2.75) is 18.2 Å². The van der Waals surface area contributed by atoms with Gasteiger partial charge in [0.2, 0.25) is 15.9 Å². The molecule has 2 aliphatic rings. The molecule has 25 heavy (non-hydrogen) atoms. The van der Waals surface area contributed by atoms with Crippen LogP contribution in [0.25, 0.3) is 0 Å². The second-order valence-electron chi connectivity index (χ2n) is 6.74. The van der Waals surface area contributed by atoms with Crippen LogP contribution in [0, 0.1) is 17.7 Å². The van der Waals surface area contributed by atoms with Crippen molar-refractivity contribution < 1.29 is 17.6 Å². The Morgan fingerprint density at radius 3 is 2.44 bits per heavy atom. The first-order valence-electron chi connectivity index (χ1n) is 8.65. The van der Waals surface area contributed by atoms with Crippen molar-refractivity contribution in [3.8, 4) is 0 Å². The van der Waals surface area contributed by atoms with Gasteiger partial charge >= 0.3 is 0 Å². The number of amides is 1. The van der Waals surface area contributed by atoms with Crippen molar-refractivity contribution in [1.29, 1.82) is 0 Å². The van der Waals surface area contributed by atoms with E-state index < -0.39 is 15.8 Å². The molecule has 2 heterocycles. The summed E-state index contributed by atoms with van der Waals surface area (Å²) in [6, 6.07) is 4.86. The molecule has 1 amide bonds. The minimum atomic E-state index is -3.66. The Labute approximate surface area is 148 Å². The summed E-state index contributed by atoms with van der Waals surface area (Å²) in [4.78, 5) is 14.5. The van der Waals surface area contributed by atoms with Gasteiger partial charge in [-0.1, -0.05) is 6.92 Å². The molecule has 0 aromatic heterocycles. The predicted octanol–water partition coefficient (Wildman–Crippen LogP) is 0.904. The monoisotopic (exact) mass is 369 g/mol. The van der Waals surface area contributed by atoms with E-state index in [1.807, 2.05) is 6.92 Å². The second kappa shape index (κ2) is 7.39. The van der Waals surface area contributed by atoms with Crippen molar-refractivity contribution in [2.75, 3.05) is 39.3 Å². The molecule has 1 unspecified atom stereocenters. The molecule has 1 aromatic rings. The van der Waals surface area contributed by atoms with Crippen molar-refractivity contribution in [3.63, 3.8) is 0 Å². The number of sulfonamides is 1. The molecule has 0 bridgehead atoms. The first-order valence-corrected chi connectivity index (χ1v) is 10.1. The Kier molecular flexibility index (Phi) is 5.41. The Balaban J connectivity index is 1.66. The van der Waals surface area contributed by atoms with Crippen LogP contribution < -0.4 is 5.32 Å². The zero-order chi connectivity index (χ0) is 18.0. The van der Waals surface area contributed by atoms with Crippen molar-refractivity contribution >= 4 is 15.9 Å². The number of carbonyl (C=O) groups is 1. The molecular weight excluding hydrogens is 345 g/mol. The maximum absolute atomic E-state index is 13.0. The molecule has 0 spiro atoms. The van der Waals surface area contributed by atoms with Gasteiger partial charge in [0.15, 0.2) is 0 Å². The highest BCUT2D eigenvalue weighted by molar-refractivity contribution is 7.89. The first-order chi connectivity index (χ1) is 11.9. The highest BCUT2D eigenvalue weighted by Crippen LogP contribution is 2.21. The van der Waals surface area contributed by atoms with E-state index in [0.29, 0.717) is 32.0 Å². The van der Waals surface area contributed by atoms with Crippen LogP contribution in [0.15, 0.2) is 29.2 Å². The van der Waals surface area contributed by atoms with Crippen LogP contribution in [0.5, 0.6) is 0 Å². The standard InChI is InChI=1S/C17H24FN3O3S/c1-13(14-11-19-12-14)17(22)20-7-2-8-21(10-9-20)25(23,24)16-5-3-15(18)4-6-16/h3-6,13-14,19H,2,7-12H2,1H3. The molecule has 1 N–H and O–H groups in total. The average molecular weight is 369 g/mol. The fraction of sp³-hybridized carbons (Fsp3) is 0.588. The molecule has 1 atom stereocenters. The van der Waals surface area contributed by atoms with Gasteiger partial charge in [-0.2, -0.15) is 4.31 Å². The third kappa shape index (κ3) is 3.86. The van der Waals surface area contributed by atoms with Gasteiger partial charge in [0.25, 0.3) is 0 Å². The maximum Gasteiger partial charge on any atom is 0.243 e. The summed E-state index contributed by atoms with van der Waals surface area (Å²) in [7, 11) is -3.66. The fourth-order valence-electron chi connectivity index (χ4n) is 3.26. The summed E-state index contributed by atoms with van der Waals surface area (Å²) in [5, 5.41) is 3.18. The van der Waals surface area contributed by atoms with Crippen molar-refractivity contribution in [1.82, 2.24) is 14.5 Å². The van der Waals surface area contributed by atoms with Crippen molar-refractivity contribution in [3.05, 3.63) is 30.1 Å². The van der Waals surface area contributed by atoms with E-state index in [1.165, 1.54) is 16.4 Å². The second-order valence-corrected chi connectivity index (χ2v) is 8.68. The smallest absolute Gasteiger partial charge is 0.243 e. The minimum absolute atomic E-state index is 0.0403. The van der Waals surface area contributed by atoms with Crippen LogP contribution in [0.4, 0.5) is 4.39 Å². The third-order valence-corrected chi connectivity index (χ3v) is 7.04. The summed E-state index contributed by atoms with van der Waals surface area (Å²) in [6.45, 7) is 5.27. The van der Waals surface area contributed by atoms with Gasteiger partial charge in [0, 0.05) is 32.1 Å². The lowest BCUT2D eigenvalue weighted by molar-refractivity contribution is -0.137. The van der Waals surface area contributed by atoms with E-state index in [-0.39, 0.29) is 23.3 Å². The van der Waals surface area contributed by atoms with Gasteiger partial charge in [0.05, 0.1) is 4.90 Å². The molecule has 2 aliphatic heterocycles. The third-order valence-electron chi connectivity index (χ3n) is 5.13. The van der Waals surface area contributed by atoms with Crippen LogP contribution in [-0.4, -0.2) is 62.8 Å². The van der Waals surface area contributed by atoms with E-state index >= 15 is 0 Å². The molecule has 6 nitrogen and oxygen atoms in total. The molecule has 2 saturated heterocycles. The Bertz CT molecular complexity index is 719. The number of rotatable bonds is 4. The SMILES string of the molecule is CC(C(=O)N1CCCN(S(=O)(=O)c2ccc(F)cc2)CC1)C1CNC1. The number of nitrogens with zero attached hydrogens (tertiary/aromatic N) is 2. The van der Waals surface area contributed by atoms with Gasteiger partial charge in [-0.25, -0.2) is 12.8 Å². The van der Waals surface area contributed by atoms with E-state index in [4.69, 9.17) is 0 Å². The normalized spacial score (nSPS) is 21.4. The van der Waals surface area contributed by atoms with Crippen molar-refractivity contribution in [2.24, 2.45) is 11.8 Å². The molecule has 0 radical (unpaired) electrons. The van der Waals surface area contributed by atoms with E-state index in [2.05, 4.69) is 5.32 Å². The van der Waals surface area contributed by atoms with Crippen LogP contribution >= 0.6 is 0 Å². The van der Waals surface area contributed by atoms with Gasteiger partial charge < -0.3 is 10.2 Å². The predicted molar refractivity (Wildman–Crippen MR) is 91.9 cm³/mol. The zero-order valence-corrected chi connectivity index (χ0v) is 15.1. The molecule has 8 heteroatoms. The molecular formula is C17H24FN3O3S. The Morgan fingerprint density at radius 1 is 1.16 bits per heavy atom. The highest BCUT2D eigenvalue weighted by atomic mass is 32.2. The summed E-state index contributed by atoms with van der Waals surface area (Å²) < 4.78 is 39.9. The summed E-state index contributed by atoms with van der Waals surface area (Å²) >= 11 is 0. The quantitative estimate of drug-likeness (QED) is 0.856.